The molecule has 0 spiro atoms. The molecule has 1 aromatic heterocycles. The lowest BCUT2D eigenvalue weighted by molar-refractivity contribution is 0.394. The summed E-state index contributed by atoms with van der Waals surface area (Å²) in [7, 11) is 5.11. The van der Waals surface area contributed by atoms with Gasteiger partial charge in [-0.2, -0.15) is 0 Å². The van der Waals surface area contributed by atoms with E-state index in [2.05, 4.69) is 44.6 Å². The Morgan fingerprint density at radius 3 is 2.50 bits per heavy atom. The summed E-state index contributed by atoms with van der Waals surface area (Å²) in [4.78, 5) is 11.3. The molecule has 34 heavy (non-hydrogen) atoms. The first-order chi connectivity index (χ1) is 16.1. The average molecular weight is 577 g/mol. The zero-order chi connectivity index (χ0) is 23.2. The summed E-state index contributed by atoms with van der Waals surface area (Å²) in [5.41, 5.74) is 4.09. The third-order valence-electron chi connectivity index (χ3n) is 5.74. The average Bonchev–Trinajstić information content (AvgIpc) is 3.51. The van der Waals surface area contributed by atoms with Gasteiger partial charge in [0.2, 0.25) is 5.89 Å². The van der Waals surface area contributed by atoms with Crippen molar-refractivity contribution in [2.24, 2.45) is 4.99 Å². The van der Waals surface area contributed by atoms with Crippen LogP contribution in [0.5, 0.6) is 11.5 Å². The first-order valence-corrected chi connectivity index (χ1v) is 11.0. The second-order valence-corrected chi connectivity index (χ2v) is 8.08. The molecule has 0 amide bonds. The Bertz CT molecular complexity index is 1080. The predicted molar refractivity (Wildman–Crippen MR) is 146 cm³/mol. The molecule has 4 rings (SSSR count). The highest BCUT2D eigenvalue weighted by molar-refractivity contribution is 14.0. The minimum atomic E-state index is 0. The first-order valence-electron chi connectivity index (χ1n) is 11.0. The van der Waals surface area contributed by atoms with Crippen molar-refractivity contribution in [2.75, 3.05) is 39.3 Å². The molecular weight excluding hydrogens is 545 g/mol. The van der Waals surface area contributed by atoms with Crippen molar-refractivity contribution < 1.29 is 13.9 Å². The number of nitrogens with one attached hydrogen (secondary N) is 2. The molecule has 1 aliphatic rings. The van der Waals surface area contributed by atoms with Crippen LogP contribution < -0.4 is 25.0 Å². The lowest BCUT2D eigenvalue weighted by Crippen LogP contribution is -2.44. The van der Waals surface area contributed by atoms with Crippen molar-refractivity contribution in [3.05, 3.63) is 60.0 Å². The summed E-state index contributed by atoms with van der Waals surface area (Å²) < 4.78 is 16.5. The van der Waals surface area contributed by atoms with E-state index < -0.39 is 0 Å². The van der Waals surface area contributed by atoms with E-state index in [1.165, 1.54) is 5.56 Å². The number of aliphatic imine (C=N–C) groups is 1. The van der Waals surface area contributed by atoms with Crippen molar-refractivity contribution in [1.82, 2.24) is 15.6 Å². The Hall–Kier alpha value is -2.95. The second kappa shape index (κ2) is 12.0. The molecule has 8 nitrogen and oxygen atoms in total. The van der Waals surface area contributed by atoms with Crippen LogP contribution in [0, 0.1) is 6.92 Å². The molecule has 2 aromatic carbocycles. The van der Waals surface area contributed by atoms with Gasteiger partial charge < -0.3 is 29.4 Å². The fraction of sp³-hybridized carbons (Fsp3) is 0.360. The Labute approximate surface area is 217 Å². The monoisotopic (exact) mass is 577 g/mol. The minimum absolute atomic E-state index is 0. The summed E-state index contributed by atoms with van der Waals surface area (Å²) in [5, 5.41) is 6.85. The van der Waals surface area contributed by atoms with Gasteiger partial charge in [-0.1, -0.05) is 17.7 Å². The van der Waals surface area contributed by atoms with Crippen LogP contribution in [0.1, 0.15) is 17.7 Å². The van der Waals surface area contributed by atoms with E-state index in [0.29, 0.717) is 12.4 Å². The van der Waals surface area contributed by atoms with E-state index in [9.17, 15) is 0 Å². The number of anilines is 1. The van der Waals surface area contributed by atoms with Crippen LogP contribution in [0.25, 0.3) is 11.5 Å². The largest absolute Gasteiger partial charge is 0.497 e. The first kappa shape index (κ1) is 25.7. The summed E-state index contributed by atoms with van der Waals surface area (Å²) in [5.74, 6) is 2.94. The summed E-state index contributed by atoms with van der Waals surface area (Å²) >= 11 is 0. The molecule has 182 valence electrons. The molecule has 2 N–H and O–H groups in total. The smallest absolute Gasteiger partial charge is 0.226 e. The lowest BCUT2D eigenvalue weighted by Gasteiger charge is -2.21. The van der Waals surface area contributed by atoms with Crippen LogP contribution in [0.4, 0.5) is 5.69 Å². The number of methoxy groups -OCH3 is 2. The molecule has 0 radical (unpaired) electrons. The van der Waals surface area contributed by atoms with Gasteiger partial charge in [-0.25, -0.2) is 4.98 Å². The number of ether oxygens (including phenoxy) is 2. The van der Waals surface area contributed by atoms with E-state index in [0.717, 1.165) is 53.9 Å². The van der Waals surface area contributed by atoms with Crippen molar-refractivity contribution in [1.29, 1.82) is 0 Å². The Kier molecular flexibility index (Phi) is 9.03. The number of hydrogen-bond donors (Lipinski definition) is 2. The number of aromatic nitrogens is 1. The van der Waals surface area contributed by atoms with Crippen LogP contribution in [-0.4, -0.2) is 51.3 Å². The van der Waals surface area contributed by atoms with Gasteiger partial charge in [-0.3, -0.25) is 4.99 Å². The van der Waals surface area contributed by atoms with Crippen molar-refractivity contribution >= 4 is 35.6 Å². The molecule has 1 saturated heterocycles. The van der Waals surface area contributed by atoms with Gasteiger partial charge in [0.1, 0.15) is 17.8 Å². The third-order valence-corrected chi connectivity index (χ3v) is 5.74. The van der Waals surface area contributed by atoms with Gasteiger partial charge in [0.05, 0.1) is 26.5 Å². The molecule has 2 heterocycles. The maximum atomic E-state index is 5.65. The van der Waals surface area contributed by atoms with Gasteiger partial charge in [0.25, 0.3) is 0 Å². The SMILES string of the molecule is CN=C(NCc1coc(-c2ccc(C)cc2)n1)NC1CCN(c2cc(OC)cc(OC)c2)C1.I. The standard InChI is InChI=1S/C25H31N5O3.HI/c1-17-5-7-18(8-6-17)24-28-20(16-33-24)14-27-25(26-2)29-19-9-10-30(15-19)21-11-22(31-3)13-23(12-21)32-4;/h5-8,11-13,16,19H,9-10,14-15H2,1-4H3,(H2,26,27,29);1H. The molecule has 9 heteroatoms. The normalized spacial score (nSPS) is 15.6. The quantitative estimate of drug-likeness (QED) is 0.247. The third kappa shape index (κ3) is 6.34. The molecule has 3 aromatic rings. The molecule has 0 saturated carbocycles. The molecule has 1 fully saturated rings. The van der Waals surface area contributed by atoms with Crippen molar-refractivity contribution in [3.63, 3.8) is 0 Å². The van der Waals surface area contributed by atoms with Gasteiger partial charge in [0, 0.05) is 55.6 Å². The fourth-order valence-corrected chi connectivity index (χ4v) is 3.87. The molecule has 1 aliphatic heterocycles. The topological polar surface area (TPSA) is 84.2 Å². The molecular formula is C25H32IN5O3. The number of hydrogen-bond acceptors (Lipinski definition) is 6. The summed E-state index contributed by atoms with van der Waals surface area (Å²) in [6.07, 6.45) is 2.69. The van der Waals surface area contributed by atoms with Gasteiger partial charge in [-0.15, -0.1) is 24.0 Å². The number of rotatable bonds is 7. The molecule has 1 atom stereocenters. The lowest BCUT2D eigenvalue weighted by atomic mass is 10.1. The van der Waals surface area contributed by atoms with E-state index in [1.807, 2.05) is 30.3 Å². The second-order valence-electron chi connectivity index (χ2n) is 8.08. The number of guanidine groups is 1. The number of nitrogens with zero attached hydrogens (tertiary/aromatic N) is 3. The number of aryl methyl sites for hydroxylation is 1. The number of oxazole rings is 1. The maximum absolute atomic E-state index is 5.65. The zero-order valence-electron chi connectivity index (χ0n) is 20.0. The van der Waals surface area contributed by atoms with Crippen LogP contribution in [0.15, 0.2) is 58.1 Å². The zero-order valence-corrected chi connectivity index (χ0v) is 22.3. The molecule has 0 aliphatic carbocycles. The number of halogens is 1. The highest BCUT2D eigenvalue weighted by atomic mass is 127. The Morgan fingerprint density at radius 2 is 1.85 bits per heavy atom. The highest BCUT2D eigenvalue weighted by Crippen LogP contribution is 2.30. The van der Waals surface area contributed by atoms with Crippen LogP contribution in [-0.2, 0) is 6.54 Å². The predicted octanol–water partition coefficient (Wildman–Crippen LogP) is 4.23. The van der Waals surface area contributed by atoms with E-state index >= 15 is 0 Å². The van der Waals surface area contributed by atoms with Crippen LogP contribution in [0.3, 0.4) is 0 Å². The highest BCUT2D eigenvalue weighted by Gasteiger charge is 2.24. The van der Waals surface area contributed by atoms with Crippen molar-refractivity contribution in [2.45, 2.75) is 25.9 Å². The van der Waals surface area contributed by atoms with Gasteiger partial charge in [-0.05, 0) is 25.5 Å². The molecule has 1 unspecified atom stereocenters. The van der Waals surface area contributed by atoms with E-state index in [1.54, 1.807) is 27.5 Å². The van der Waals surface area contributed by atoms with E-state index in [4.69, 9.17) is 13.9 Å². The van der Waals surface area contributed by atoms with E-state index in [-0.39, 0.29) is 30.0 Å². The summed E-state index contributed by atoms with van der Waals surface area (Å²) in [6.45, 7) is 4.38. The van der Waals surface area contributed by atoms with Crippen molar-refractivity contribution in [3.8, 4) is 23.0 Å². The Morgan fingerprint density at radius 1 is 1.15 bits per heavy atom. The van der Waals surface area contributed by atoms with Crippen LogP contribution >= 0.6 is 24.0 Å². The summed E-state index contributed by atoms with van der Waals surface area (Å²) in [6, 6.07) is 14.4. The minimum Gasteiger partial charge on any atom is -0.497 e. The van der Waals surface area contributed by atoms with Gasteiger partial charge in [0.15, 0.2) is 5.96 Å². The Balaban J connectivity index is 0.00000324. The fourth-order valence-electron chi connectivity index (χ4n) is 3.87. The van der Waals surface area contributed by atoms with Crippen LogP contribution in [0.2, 0.25) is 0 Å². The molecule has 0 bridgehead atoms. The number of benzene rings is 2. The maximum Gasteiger partial charge on any atom is 0.226 e. The van der Waals surface area contributed by atoms with Gasteiger partial charge >= 0.3 is 0 Å².